The van der Waals surface area contributed by atoms with Crippen molar-refractivity contribution in [2.45, 2.75) is 13.5 Å². The number of nitrogens with zero attached hydrogens (tertiary/aromatic N) is 1. The third kappa shape index (κ3) is 3.11. The zero-order valence-electron chi connectivity index (χ0n) is 10.4. The van der Waals surface area contributed by atoms with Gasteiger partial charge in [-0.2, -0.15) is 0 Å². The molecular formula is C14H14Cl2N2O. The van der Waals surface area contributed by atoms with E-state index in [1.807, 2.05) is 24.1 Å². The van der Waals surface area contributed by atoms with Crippen LogP contribution in [0.2, 0.25) is 10.0 Å². The van der Waals surface area contributed by atoms with Gasteiger partial charge in [0.25, 0.3) is 0 Å². The van der Waals surface area contributed by atoms with Gasteiger partial charge in [0.1, 0.15) is 0 Å². The van der Waals surface area contributed by atoms with E-state index in [9.17, 15) is 4.79 Å². The lowest BCUT2D eigenvalue weighted by molar-refractivity contribution is -0.115. The van der Waals surface area contributed by atoms with Gasteiger partial charge >= 0.3 is 0 Å². The molecule has 3 nitrogen and oxygen atoms in total. The fourth-order valence-electron chi connectivity index (χ4n) is 1.93. The van der Waals surface area contributed by atoms with Crippen LogP contribution in [0.25, 0.3) is 0 Å². The topological polar surface area (TPSA) is 46.3 Å². The highest BCUT2D eigenvalue weighted by Crippen LogP contribution is 2.27. The molecule has 1 aliphatic rings. The highest BCUT2D eigenvalue weighted by molar-refractivity contribution is 6.35. The van der Waals surface area contributed by atoms with Gasteiger partial charge in [-0.25, -0.2) is 0 Å². The Bertz CT molecular complexity index is 546. The van der Waals surface area contributed by atoms with Crippen LogP contribution in [0.15, 0.2) is 42.2 Å². The first-order valence-electron chi connectivity index (χ1n) is 5.87. The molecule has 5 heteroatoms. The molecule has 0 saturated heterocycles. The second kappa shape index (κ2) is 5.68. The fourth-order valence-corrected chi connectivity index (χ4v) is 2.45. The van der Waals surface area contributed by atoms with E-state index in [2.05, 4.69) is 0 Å². The van der Waals surface area contributed by atoms with E-state index in [0.717, 1.165) is 5.56 Å². The summed E-state index contributed by atoms with van der Waals surface area (Å²) in [6.07, 6.45) is 5.56. The molecule has 0 aliphatic carbocycles. The van der Waals surface area contributed by atoms with E-state index in [1.165, 1.54) is 0 Å². The zero-order chi connectivity index (χ0) is 14.0. The minimum absolute atomic E-state index is 0.0236. The van der Waals surface area contributed by atoms with Gasteiger partial charge in [0.2, 0.25) is 5.91 Å². The van der Waals surface area contributed by atoms with E-state index in [4.69, 9.17) is 28.9 Å². The average Bonchev–Trinajstić information content (AvgIpc) is 2.35. The van der Waals surface area contributed by atoms with Crippen molar-refractivity contribution in [2.24, 2.45) is 11.7 Å². The Morgan fingerprint density at radius 1 is 1.37 bits per heavy atom. The molecule has 1 aliphatic heterocycles. The Balaban J connectivity index is 2.25. The predicted octanol–water partition coefficient (Wildman–Crippen LogP) is 3.33. The number of halogens is 2. The molecule has 1 aromatic carbocycles. The molecule has 0 spiro atoms. The summed E-state index contributed by atoms with van der Waals surface area (Å²) in [4.78, 5) is 13.2. The SMILES string of the molecule is CC1C=CN(Cc2c(Cl)cccc2Cl)C=C1C(N)=O. The molecule has 2 rings (SSSR count). The highest BCUT2D eigenvalue weighted by atomic mass is 35.5. The van der Waals surface area contributed by atoms with Crippen LogP contribution in [-0.2, 0) is 11.3 Å². The van der Waals surface area contributed by atoms with E-state index < -0.39 is 5.91 Å². The maximum atomic E-state index is 11.3. The number of carbonyl (C=O) groups is 1. The molecule has 0 aromatic heterocycles. The summed E-state index contributed by atoms with van der Waals surface area (Å²) >= 11 is 12.3. The molecule has 100 valence electrons. The molecule has 1 atom stereocenters. The van der Waals surface area contributed by atoms with E-state index >= 15 is 0 Å². The van der Waals surface area contributed by atoms with E-state index in [-0.39, 0.29) is 5.92 Å². The Labute approximate surface area is 122 Å². The van der Waals surface area contributed by atoms with Gasteiger partial charge in [0.05, 0.1) is 0 Å². The molecule has 1 unspecified atom stereocenters. The van der Waals surface area contributed by atoms with Crippen molar-refractivity contribution in [3.8, 4) is 0 Å². The number of hydrogen-bond acceptors (Lipinski definition) is 2. The van der Waals surface area contributed by atoms with Crippen LogP contribution in [0.5, 0.6) is 0 Å². The van der Waals surface area contributed by atoms with Crippen molar-refractivity contribution in [1.82, 2.24) is 4.90 Å². The first kappa shape index (κ1) is 14.0. The summed E-state index contributed by atoms with van der Waals surface area (Å²) in [5.74, 6) is -0.387. The van der Waals surface area contributed by atoms with E-state index in [1.54, 1.807) is 24.4 Å². The van der Waals surface area contributed by atoms with Gasteiger partial charge in [-0.3, -0.25) is 4.79 Å². The molecular weight excluding hydrogens is 283 g/mol. The summed E-state index contributed by atoms with van der Waals surface area (Å²) < 4.78 is 0. The molecule has 2 N–H and O–H groups in total. The largest absolute Gasteiger partial charge is 0.366 e. The molecule has 1 aromatic rings. The van der Waals surface area contributed by atoms with Crippen LogP contribution in [0.1, 0.15) is 12.5 Å². The van der Waals surface area contributed by atoms with Gasteiger partial charge < -0.3 is 10.6 Å². The van der Waals surface area contributed by atoms with Crippen LogP contribution in [0.3, 0.4) is 0 Å². The minimum atomic E-state index is -0.410. The van der Waals surface area contributed by atoms with Crippen molar-refractivity contribution in [3.63, 3.8) is 0 Å². The first-order chi connectivity index (χ1) is 8.99. The quantitative estimate of drug-likeness (QED) is 0.930. The summed E-state index contributed by atoms with van der Waals surface area (Å²) in [5, 5.41) is 1.21. The second-order valence-electron chi connectivity index (χ2n) is 4.45. The Morgan fingerprint density at radius 2 is 2.00 bits per heavy atom. The molecule has 19 heavy (non-hydrogen) atoms. The first-order valence-corrected chi connectivity index (χ1v) is 6.63. The predicted molar refractivity (Wildman–Crippen MR) is 77.6 cm³/mol. The molecule has 0 bridgehead atoms. The standard InChI is InChI=1S/C14H14Cl2N2O/c1-9-5-6-18(7-10(9)14(17)19)8-11-12(15)3-2-4-13(11)16/h2-7,9H,8H2,1H3,(H2,17,19). The Kier molecular flexibility index (Phi) is 4.17. The number of rotatable bonds is 3. The van der Waals surface area contributed by atoms with Crippen LogP contribution in [-0.4, -0.2) is 10.8 Å². The van der Waals surface area contributed by atoms with Crippen molar-refractivity contribution in [1.29, 1.82) is 0 Å². The zero-order valence-corrected chi connectivity index (χ0v) is 11.9. The minimum Gasteiger partial charge on any atom is -0.366 e. The number of hydrogen-bond donors (Lipinski definition) is 1. The molecule has 0 radical (unpaired) electrons. The lowest BCUT2D eigenvalue weighted by Gasteiger charge is -2.24. The van der Waals surface area contributed by atoms with E-state index in [0.29, 0.717) is 22.2 Å². The molecule has 0 saturated carbocycles. The molecule has 1 amide bonds. The maximum Gasteiger partial charge on any atom is 0.246 e. The van der Waals surface area contributed by atoms with Gasteiger partial charge in [-0.05, 0) is 12.1 Å². The third-order valence-electron chi connectivity index (χ3n) is 3.05. The van der Waals surface area contributed by atoms with Crippen molar-refractivity contribution in [2.75, 3.05) is 0 Å². The number of benzene rings is 1. The summed E-state index contributed by atoms with van der Waals surface area (Å²) in [5.41, 5.74) is 6.75. The monoisotopic (exact) mass is 296 g/mol. The van der Waals surface area contributed by atoms with Crippen LogP contribution < -0.4 is 5.73 Å². The molecule has 0 fully saturated rings. The Hall–Kier alpha value is -1.45. The second-order valence-corrected chi connectivity index (χ2v) is 5.27. The average molecular weight is 297 g/mol. The van der Waals surface area contributed by atoms with Gasteiger partial charge in [-0.1, -0.05) is 42.3 Å². The fraction of sp³-hybridized carbons (Fsp3) is 0.214. The summed E-state index contributed by atoms with van der Waals surface area (Å²) in [6, 6.07) is 5.38. The number of carbonyl (C=O) groups excluding carboxylic acids is 1. The van der Waals surface area contributed by atoms with Gasteiger partial charge in [0.15, 0.2) is 0 Å². The number of nitrogens with two attached hydrogens (primary N) is 1. The van der Waals surface area contributed by atoms with Crippen molar-refractivity contribution in [3.05, 3.63) is 57.9 Å². The lowest BCUT2D eigenvalue weighted by atomic mass is 9.99. The summed E-state index contributed by atoms with van der Waals surface area (Å²) in [6.45, 7) is 2.42. The van der Waals surface area contributed by atoms with Crippen molar-refractivity contribution >= 4 is 29.1 Å². The maximum absolute atomic E-state index is 11.3. The number of amides is 1. The number of allylic oxidation sites excluding steroid dienone is 1. The normalized spacial score (nSPS) is 18.4. The van der Waals surface area contributed by atoms with Crippen LogP contribution >= 0.6 is 23.2 Å². The summed E-state index contributed by atoms with van der Waals surface area (Å²) in [7, 11) is 0. The highest BCUT2D eigenvalue weighted by Gasteiger charge is 2.18. The Morgan fingerprint density at radius 3 is 2.58 bits per heavy atom. The third-order valence-corrected chi connectivity index (χ3v) is 3.76. The number of primary amides is 1. The van der Waals surface area contributed by atoms with Crippen LogP contribution in [0, 0.1) is 5.92 Å². The van der Waals surface area contributed by atoms with Crippen LogP contribution in [0.4, 0.5) is 0 Å². The smallest absolute Gasteiger partial charge is 0.246 e. The lowest BCUT2D eigenvalue weighted by Crippen LogP contribution is -2.25. The molecule has 1 heterocycles. The van der Waals surface area contributed by atoms with Gasteiger partial charge in [-0.15, -0.1) is 0 Å². The van der Waals surface area contributed by atoms with Crippen molar-refractivity contribution < 1.29 is 4.79 Å². The van der Waals surface area contributed by atoms with Gasteiger partial charge in [0, 0.05) is 46.0 Å².